The summed E-state index contributed by atoms with van der Waals surface area (Å²) in [6.07, 6.45) is -16.0. The molecule has 0 aliphatic carbocycles. The quantitative estimate of drug-likeness (QED) is 0.0894. The summed E-state index contributed by atoms with van der Waals surface area (Å²) in [4.78, 5) is 23.9. The van der Waals surface area contributed by atoms with Gasteiger partial charge in [0.25, 0.3) is 0 Å². The Balaban J connectivity index is 5.82. The second-order valence-electron chi connectivity index (χ2n) is 7.56. The van der Waals surface area contributed by atoms with Crippen molar-refractivity contribution in [3.63, 3.8) is 0 Å². The van der Waals surface area contributed by atoms with Gasteiger partial charge in [-0.2, -0.15) is 43.9 Å². The summed E-state index contributed by atoms with van der Waals surface area (Å²) in [7, 11) is -6.83. The Morgan fingerprint density at radius 2 is 1.47 bits per heavy atom. The van der Waals surface area contributed by atoms with Crippen LogP contribution in [0.15, 0.2) is 12.2 Å². The van der Waals surface area contributed by atoms with Crippen molar-refractivity contribution < 1.29 is 75.9 Å². The average molecular weight is 572 g/mol. The van der Waals surface area contributed by atoms with Gasteiger partial charge in [-0.1, -0.05) is 20.4 Å². The van der Waals surface area contributed by atoms with Gasteiger partial charge in [-0.25, -0.2) is 13.2 Å². The zero-order valence-corrected chi connectivity index (χ0v) is 19.2. The van der Waals surface area contributed by atoms with Gasteiger partial charge in [0.2, 0.25) is 0 Å². The maximum Gasteiger partial charge on any atom is 0.466 e. The smallest absolute Gasteiger partial charge is 0.466 e. The van der Waals surface area contributed by atoms with Crippen molar-refractivity contribution in [3.8, 4) is 0 Å². The number of unbranched alkanes of at least 4 members (excludes halogenated alkanes) is 1. The molecular weight excluding hydrogens is 552 g/mol. The molecule has 19 heteroatoms. The fourth-order valence-electron chi connectivity index (χ4n) is 2.12. The molecule has 0 heterocycles. The summed E-state index contributed by atoms with van der Waals surface area (Å²) in [5, 5.41) is -4.45. The second kappa shape index (κ2) is 11.5. The monoisotopic (exact) mass is 572 g/mol. The van der Waals surface area contributed by atoms with E-state index in [0.717, 1.165) is 0 Å². The largest absolute Gasteiger partial charge is 0.743 e. The summed E-state index contributed by atoms with van der Waals surface area (Å²) in [5.74, 6) is -15.8. The zero-order valence-electron chi connectivity index (χ0n) is 18.4. The van der Waals surface area contributed by atoms with Gasteiger partial charge in [-0.05, 0) is 18.8 Å². The van der Waals surface area contributed by atoms with Crippen LogP contribution in [0.4, 0.5) is 43.9 Å². The van der Waals surface area contributed by atoms with Crippen LogP contribution in [0.1, 0.15) is 33.1 Å². The minimum absolute atomic E-state index is 0.525. The third kappa shape index (κ3) is 8.19. The van der Waals surface area contributed by atoms with Crippen molar-refractivity contribution in [2.75, 3.05) is 13.2 Å². The lowest BCUT2D eigenvalue weighted by Crippen LogP contribution is -2.62. The third-order valence-corrected chi connectivity index (χ3v) is 5.02. The van der Waals surface area contributed by atoms with Crippen LogP contribution < -0.4 is 5.32 Å². The van der Waals surface area contributed by atoms with Crippen LogP contribution in [0.5, 0.6) is 0 Å². The molecule has 0 rings (SSSR count). The van der Waals surface area contributed by atoms with Gasteiger partial charge in [-0.3, -0.25) is 4.79 Å². The first-order valence-corrected chi connectivity index (χ1v) is 10.9. The van der Waals surface area contributed by atoms with Crippen molar-refractivity contribution in [1.29, 1.82) is 0 Å². The molecule has 1 N–H and O–H groups in total. The molecule has 0 saturated carbocycles. The standard InChI is InChI=1S/C17H21F10NO7S/c1-9(2)8-28-12(30)14(16(23,24)25,35-11(29)10(3)15(20,21)22)34-7-5-4-6-13(18,19)17(26,27)36(31,32)33/h9H,3-8H2,1-2H3,(H,28,30)(H,31,32,33)/p-1. The minimum atomic E-state index is -6.83. The van der Waals surface area contributed by atoms with Gasteiger partial charge >= 0.3 is 41.2 Å². The number of rotatable bonds is 13. The Bertz CT molecular complexity index is 916. The molecule has 0 spiro atoms. The fourth-order valence-corrected chi connectivity index (χ4v) is 2.59. The Morgan fingerprint density at radius 3 is 1.86 bits per heavy atom. The molecule has 0 aromatic carbocycles. The lowest BCUT2D eigenvalue weighted by Gasteiger charge is -2.33. The molecule has 0 radical (unpaired) electrons. The van der Waals surface area contributed by atoms with E-state index in [-0.39, 0.29) is 0 Å². The predicted molar refractivity (Wildman–Crippen MR) is 97.3 cm³/mol. The number of ether oxygens (including phenoxy) is 2. The molecule has 0 saturated heterocycles. The number of amides is 1. The number of halogens is 10. The lowest BCUT2D eigenvalue weighted by molar-refractivity contribution is -0.347. The highest BCUT2D eigenvalue weighted by molar-refractivity contribution is 7.86. The van der Waals surface area contributed by atoms with E-state index in [9.17, 15) is 66.5 Å². The van der Waals surface area contributed by atoms with Crippen LogP contribution in [0.2, 0.25) is 0 Å². The molecule has 0 aromatic rings. The average Bonchev–Trinajstić information content (AvgIpc) is 2.67. The molecule has 0 aromatic heterocycles. The molecule has 36 heavy (non-hydrogen) atoms. The Hall–Kier alpha value is -2.15. The molecule has 0 fully saturated rings. The highest BCUT2D eigenvalue weighted by Crippen LogP contribution is 2.42. The number of hydrogen-bond acceptors (Lipinski definition) is 7. The van der Waals surface area contributed by atoms with Crippen LogP contribution in [0, 0.1) is 5.92 Å². The maximum atomic E-state index is 13.8. The van der Waals surface area contributed by atoms with Gasteiger partial charge in [-0.15, -0.1) is 0 Å². The van der Waals surface area contributed by atoms with Gasteiger partial charge in [0.1, 0.15) is 5.57 Å². The first kappa shape index (κ1) is 33.8. The van der Waals surface area contributed by atoms with Crippen molar-refractivity contribution in [2.24, 2.45) is 5.92 Å². The first-order valence-electron chi connectivity index (χ1n) is 9.53. The van der Waals surface area contributed by atoms with E-state index in [1.165, 1.54) is 13.8 Å². The molecule has 1 unspecified atom stereocenters. The maximum absolute atomic E-state index is 13.8. The molecule has 0 bridgehead atoms. The summed E-state index contributed by atoms with van der Waals surface area (Å²) in [5.41, 5.74) is -2.46. The summed E-state index contributed by atoms with van der Waals surface area (Å²) < 4.78 is 171. The second-order valence-corrected chi connectivity index (χ2v) is 8.99. The van der Waals surface area contributed by atoms with Gasteiger partial charge in [0, 0.05) is 13.0 Å². The molecule has 1 atom stereocenters. The van der Waals surface area contributed by atoms with Gasteiger partial charge in [0.15, 0.2) is 10.1 Å². The van der Waals surface area contributed by atoms with Crippen LogP contribution in [-0.2, 0) is 29.2 Å². The number of nitrogens with one attached hydrogen (secondary N) is 1. The van der Waals surface area contributed by atoms with E-state index in [2.05, 4.69) is 16.1 Å². The number of esters is 1. The zero-order chi connectivity index (χ0) is 29.0. The molecule has 212 valence electrons. The number of carbonyl (C=O) groups excluding carboxylic acids is 2. The highest BCUT2D eigenvalue weighted by Gasteiger charge is 2.67. The predicted octanol–water partition coefficient (Wildman–Crippen LogP) is 3.64. The Morgan fingerprint density at radius 1 is 0.972 bits per heavy atom. The van der Waals surface area contributed by atoms with E-state index >= 15 is 0 Å². The summed E-state index contributed by atoms with van der Waals surface area (Å²) >= 11 is 0. The van der Waals surface area contributed by atoms with Crippen molar-refractivity contribution >= 4 is 22.0 Å². The molecule has 1 amide bonds. The fraction of sp³-hybridized carbons (Fsp3) is 0.765. The topological polar surface area (TPSA) is 122 Å². The van der Waals surface area contributed by atoms with Crippen LogP contribution in [-0.4, -0.2) is 67.3 Å². The third-order valence-electron chi connectivity index (χ3n) is 4.10. The minimum Gasteiger partial charge on any atom is -0.743 e. The molecule has 8 nitrogen and oxygen atoms in total. The number of hydrogen-bond donors (Lipinski definition) is 1. The van der Waals surface area contributed by atoms with Crippen molar-refractivity contribution in [3.05, 3.63) is 12.2 Å². The number of alkyl halides is 10. The van der Waals surface area contributed by atoms with Gasteiger partial charge in [0.05, 0.1) is 6.61 Å². The Kier molecular flexibility index (Phi) is 10.8. The summed E-state index contributed by atoms with van der Waals surface area (Å²) in [6.45, 7) is 2.99. The van der Waals surface area contributed by atoms with Crippen molar-refractivity contribution in [1.82, 2.24) is 5.32 Å². The van der Waals surface area contributed by atoms with E-state index in [0.29, 0.717) is 0 Å². The molecule has 0 aliphatic heterocycles. The van der Waals surface area contributed by atoms with Crippen LogP contribution in [0.25, 0.3) is 0 Å². The first-order chi connectivity index (χ1) is 15.8. The van der Waals surface area contributed by atoms with Crippen molar-refractivity contribution in [2.45, 2.75) is 62.4 Å². The molecular formula is C17H20F10NO7S-. The van der Waals surface area contributed by atoms with E-state index < -0.39 is 95.2 Å². The molecule has 0 aliphatic rings. The normalized spacial score (nSPS) is 15.4. The van der Waals surface area contributed by atoms with E-state index in [4.69, 9.17) is 0 Å². The van der Waals surface area contributed by atoms with Crippen LogP contribution >= 0.6 is 0 Å². The van der Waals surface area contributed by atoms with E-state index in [1.54, 1.807) is 5.32 Å². The van der Waals surface area contributed by atoms with Gasteiger partial charge < -0.3 is 19.3 Å². The Labute approximate surface area is 197 Å². The highest BCUT2D eigenvalue weighted by atomic mass is 32.2. The lowest BCUT2D eigenvalue weighted by atomic mass is 10.1. The SMILES string of the molecule is C=C(C(=O)OC(OCCCCC(F)(F)C(F)(F)S(=O)(=O)[O-])(C(=O)NCC(C)C)C(F)(F)F)C(F)(F)F. The number of carbonyl (C=O) groups is 2. The summed E-state index contributed by atoms with van der Waals surface area (Å²) in [6, 6.07) is 0. The van der Waals surface area contributed by atoms with E-state index in [1.807, 2.05) is 0 Å². The van der Waals surface area contributed by atoms with Crippen LogP contribution in [0.3, 0.4) is 0 Å².